The highest BCUT2D eigenvalue weighted by atomic mass is 16.5. The van der Waals surface area contributed by atoms with E-state index in [0.29, 0.717) is 11.3 Å². The maximum atomic E-state index is 10.7. The average molecular weight is 165 g/mol. The van der Waals surface area contributed by atoms with Gasteiger partial charge < -0.3 is 9.84 Å². The monoisotopic (exact) mass is 165 g/mol. The van der Waals surface area contributed by atoms with Crippen molar-refractivity contribution in [2.75, 3.05) is 7.11 Å². The molecule has 0 fully saturated rings. The molecule has 1 aromatic carbocycles. The SMILES string of the molecule is [CH2]c1cccc(OC)c1C(=O)O. The Labute approximate surface area is 70.6 Å². The normalized spacial score (nSPS) is 9.50. The molecule has 0 aromatic heterocycles. The fraction of sp³-hybridized carbons (Fsp3) is 0.111. The number of carboxylic acids is 1. The first-order valence-corrected chi connectivity index (χ1v) is 3.39. The first-order valence-electron chi connectivity index (χ1n) is 3.39. The van der Waals surface area contributed by atoms with Crippen molar-refractivity contribution >= 4 is 5.97 Å². The van der Waals surface area contributed by atoms with Gasteiger partial charge in [-0.05, 0) is 18.6 Å². The zero-order valence-corrected chi connectivity index (χ0v) is 6.70. The topological polar surface area (TPSA) is 46.5 Å². The van der Waals surface area contributed by atoms with Crippen molar-refractivity contribution in [1.29, 1.82) is 0 Å². The Kier molecular flexibility index (Phi) is 2.33. The van der Waals surface area contributed by atoms with Crippen LogP contribution in [-0.4, -0.2) is 18.2 Å². The van der Waals surface area contributed by atoms with E-state index in [2.05, 4.69) is 6.92 Å². The fourth-order valence-corrected chi connectivity index (χ4v) is 0.989. The van der Waals surface area contributed by atoms with Gasteiger partial charge in [0, 0.05) is 0 Å². The molecule has 3 heteroatoms. The minimum Gasteiger partial charge on any atom is -0.496 e. The molecular formula is C9H9O3. The number of methoxy groups -OCH3 is 1. The number of hydrogen-bond acceptors (Lipinski definition) is 2. The van der Waals surface area contributed by atoms with Gasteiger partial charge in [-0.25, -0.2) is 4.79 Å². The quantitative estimate of drug-likeness (QED) is 0.723. The zero-order chi connectivity index (χ0) is 9.14. The second-order valence-corrected chi connectivity index (χ2v) is 2.30. The number of rotatable bonds is 2. The number of ether oxygens (including phenoxy) is 1. The second kappa shape index (κ2) is 3.26. The molecule has 3 nitrogen and oxygen atoms in total. The molecule has 1 N–H and O–H groups in total. The molecule has 0 atom stereocenters. The van der Waals surface area contributed by atoms with E-state index in [9.17, 15) is 4.79 Å². The van der Waals surface area contributed by atoms with Crippen LogP contribution >= 0.6 is 0 Å². The molecule has 0 unspecified atom stereocenters. The zero-order valence-electron chi connectivity index (χ0n) is 6.70. The average Bonchev–Trinajstić information content (AvgIpc) is 2.03. The van der Waals surface area contributed by atoms with Crippen LogP contribution in [0.15, 0.2) is 18.2 Å². The van der Waals surface area contributed by atoms with Crippen LogP contribution in [0.25, 0.3) is 0 Å². The summed E-state index contributed by atoms with van der Waals surface area (Å²) >= 11 is 0. The Hall–Kier alpha value is -1.51. The van der Waals surface area contributed by atoms with Gasteiger partial charge in [0.2, 0.25) is 0 Å². The Morgan fingerprint density at radius 2 is 2.25 bits per heavy atom. The minimum atomic E-state index is -1.02. The van der Waals surface area contributed by atoms with Crippen molar-refractivity contribution in [2.45, 2.75) is 0 Å². The number of carbonyl (C=O) groups is 1. The van der Waals surface area contributed by atoms with Crippen molar-refractivity contribution < 1.29 is 14.6 Å². The van der Waals surface area contributed by atoms with Crippen LogP contribution in [0.2, 0.25) is 0 Å². The van der Waals surface area contributed by atoms with Gasteiger partial charge in [0.15, 0.2) is 0 Å². The lowest BCUT2D eigenvalue weighted by atomic mass is 10.1. The molecular weight excluding hydrogens is 156 g/mol. The van der Waals surface area contributed by atoms with Gasteiger partial charge in [0.05, 0.1) is 7.11 Å². The van der Waals surface area contributed by atoms with Gasteiger partial charge in [-0.1, -0.05) is 12.1 Å². The molecule has 0 bridgehead atoms. The fourth-order valence-electron chi connectivity index (χ4n) is 0.989. The van der Waals surface area contributed by atoms with Crippen LogP contribution in [0.1, 0.15) is 15.9 Å². The molecule has 0 heterocycles. The lowest BCUT2D eigenvalue weighted by Gasteiger charge is -2.06. The Morgan fingerprint density at radius 1 is 1.58 bits per heavy atom. The number of hydrogen-bond donors (Lipinski definition) is 1. The lowest BCUT2D eigenvalue weighted by Crippen LogP contribution is -2.02. The predicted molar refractivity (Wildman–Crippen MR) is 44.4 cm³/mol. The van der Waals surface area contributed by atoms with Crippen molar-refractivity contribution in [2.24, 2.45) is 0 Å². The number of benzene rings is 1. The summed E-state index contributed by atoms with van der Waals surface area (Å²) in [6.45, 7) is 3.59. The van der Waals surface area contributed by atoms with Crippen molar-refractivity contribution in [3.05, 3.63) is 36.2 Å². The summed E-state index contributed by atoms with van der Waals surface area (Å²) in [5.74, 6) is -0.674. The first-order chi connectivity index (χ1) is 5.66. The summed E-state index contributed by atoms with van der Waals surface area (Å²) in [5, 5.41) is 8.76. The molecule has 63 valence electrons. The van der Waals surface area contributed by atoms with Crippen LogP contribution in [0.3, 0.4) is 0 Å². The summed E-state index contributed by atoms with van der Waals surface area (Å²) in [5.41, 5.74) is 0.585. The summed E-state index contributed by atoms with van der Waals surface area (Å²) in [7, 11) is 1.43. The van der Waals surface area contributed by atoms with Gasteiger partial charge in [0.25, 0.3) is 0 Å². The molecule has 0 saturated heterocycles. The molecule has 1 radical (unpaired) electrons. The second-order valence-electron chi connectivity index (χ2n) is 2.30. The summed E-state index contributed by atoms with van der Waals surface area (Å²) in [6, 6.07) is 4.93. The first kappa shape index (κ1) is 8.59. The Morgan fingerprint density at radius 3 is 2.67 bits per heavy atom. The molecule has 0 aliphatic rings. The Bertz CT molecular complexity index is 305. The van der Waals surface area contributed by atoms with E-state index in [4.69, 9.17) is 9.84 Å². The Balaban J connectivity index is 3.29. The minimum absolute atomic E-state index is 0.125. The van der Waals surface area contributed by atoms with Gasteiger partial charge in [-0.2, -0.15) is 0 Å². The van der Waals surface area contributed by atoms with Gasteiger partial charge >= 0.3 is 5.97 Å². The summed E-state index contributed by atoms with van der Waals surface area (Å²) < 4.78 is 4.87. The van der Waals surface area contributed by atoms with Gasteiger partial charge in [0.1, 0.15) is 11.3 Å². The highest BCUT2D eigenvalue weighted by Crippen LogP contribution is 2.20. The molecule has 12 heavy (non-hydrogen) atoms. The maximum absolute atomic E-state index is 10.7. The van der Waals surface area contributed by atoms with Crippen LogP contribution in [0.4, 0.5) is 0 Å². The lowest BCUT2D eigenvalue weighted by molar-refractivity contribution is 0.0693. The van der Waals surface area contributed by atoms with Crippen LogP contribution in [-0.2, 0) is 0 Å². The van der Waals surface area contributed by atoms with Gasteiger partial charge in [-0.3, -0.25) is 0 Å². The summed E-state index contributed by atoms with van der Waals surface area (Å²) in [6.07, 6.45) is 0. The number of carboxylic acid groups (broad SMARTS) is 1. The van der Waals surface area contributed by atoms with E-state index in [1.165, 1.54) is 7.11 Å². The third-order valence-corrected chi connectivity index (χ3v) is 1.55. The van der Waals surface area contributed by atoms with Crippen LogP contribution in [0.5, 0.6) is 5.75 Å². The van der Waals surface area contributed by atoms with E-state index in [1.807, 2.05) is 0 Å². The molecule has 0 aliphatic carbocycles. The summed E-state index contributed by atoms with van der Waals surface area (Å²) in [4.78, 5) is 10.7. The molecule has 1 aromatic rings. The maximum Gasteiger partial charge on any atom is 0.339 e. The standard InChI is InChI=1S/C9H9O3/c1-6-4-3-5-7(12-2)8(6)9(10)11/h3-5H,1H2,2H3,(H,10,11). The third-order valence-electron chi connectivity index (χ3n) is 1.55. The molecule has 0 amide bonds. The van der Waals surface area contributed by atoms with Crippen LogP contribution < -0.4 is 4.74 Å². The largest absolute Gasteiger partial charge is 0.496 e. The third kappa shape index (κ3) is 1.39. The smallest absolute Gasteiger partial charge is 0.339 e. The van der Waals surface area contributed by atoms with Crippen molar-refractivity contribution in [1.82, 2.24) is 0 Å². The van der Waals surface area contributed by atoms with E-state index < -0.39 is 5.97 Å². The van der Waals surface area contributed by atoms with E-state index in [1.54, 1.807) is 18.2 Å². The predicted octanol–water partition coefficient (Wildman–Crippen LogP) is 1.58. The molecule has 1 rings (SSSR count). The van der Waals surface area contributed by atoms with E-state index in [0.717, 1.165) is 0 Å². The highest BCUT2D eigenvalue weighted by Gasteiger charge is 2.12. The number of aromatic carboxylic acids is 1. The molecule has 0 saturated carbocycles. The molecule has 0 aliphatic heterocycles. The van der Waals surface area contributed by atoms with Crippen LogP contribution in [0, 0.1) is 6.92 Å². The van der Waals surface area contributed by atoms with E-state index in [-0.39, 0.29) is 5.56 Å². The van der Waals surface area contributed by atoms with Crippen molar-refractivity contribution in [3.8, 4) is 5.75 Å². The highest BCUT2D eigenvalue weighted by molar-refractivity contribution is 5.92. The van der Waals surface area contributed by atoms with Crippen molar-refractivity contribution in [3.63, 3.8) is 0 Å². The van der Waals surface area contributed by atoms with E-state index >= 15 is 0 Å². The van der Waals surface area contributed by atoms with Gasteiger partial charge in [-0.15, -0.1) is 0 Å². The molecule has 0 spiro atoms.